The van der Waals surface area contributed by atoms with E-state index in [2.05, 4.69) is 15.6 Å². The fraction of sp³-hybridized carbons (Fsp3) is 0.273. The Balaban J connectivity index is 1.19. The summed E-state index contributed by atoms with van der Waals surface area (Å²) in [6.45, 7) is 1.64. The molecule has 2 N–H and O–H groups in total. The van der Waals surface area contributed by atoms with Crippen molar-refractivity contribution in [2.75, 3.05) is 62.9 Å². The highest BCUT2D eigenvalue weighted by atomic mass is 32.1. The number of piperazine rings is 1. The van der Waals surface area contributed by atoms with Gasteiger partial charge >= 0.3 is 5.97 Å². The number of cyclic esters (lactones) is 1. The maximum atomic E-state index is 14.0. The molecule has 6 rings (SSSR count). The Hall–Kier alpha value is -5.48. The lowest BCUT2D eigenvalue weighted by Crippen LogP contribution is -2.57. The molecule has 4 aromatic rings. The zero-order chi connectivity index (χ0) is 34.7. The second kappa shape index (κ2) is 14.3. The van der Waals surface area contributed by atoms with E-state index in [-0.39, 0.29) is 29.1 Å². The van der Waals surface area contributed by atoms with Gasteiger partial charge in [-0.05, 0) is 44.4 Å². The van der Waals surface area contributed by atoms with Crippen LogP contribution in [0.2, 0.25) is 0 Å². The van der Waals surface area contributed by atoms with Gasteiger partial charge in [-0.3, -0.25) is 9.59 Å². The summed E-state index contributed by atoms with van der Waals surface area (Å²) in [6.07, 6.45) is 6.25. The highest BCUT2D eigenvalue weighted by Gasteiger charge is 2.39. The SMILES string of the molecule is COc1ccc(-c2cnc3c(c2)COC(=O)C2CN(C(=O)/C=C/CN(C)C)CCN32)nc1Nc1ncc(C(=O)Nc2c(F)cccc2F)s1. The number of benzene rings is 1. The third-order valence-corrected chi connectivity index (χ3v) is 8.72. The molecule has 49 heavy (non-hydrogen) atoms. The summed E-state index contributed by atoms with van der Waals surface area (Å²) in [6, 6.07) is 7.91. The summed E-state index contributed by atoms with van der Waals surface area (Å²) < 4.78 is 39.2. The minimum Gasteiger partial charge on any atom is -0.493 e. The Labute approximate surface area is 284 Å². The number of aromatic nitrogens is 3. The monoisotopic (exact) mass is 690 g/mol. The third-order valence-electron chi connectivity index (χ3n) is 7.81. The number of halogens is 2. The Morgan fingerprint density at radius 3 is 2.69 bits per heavy atom. The fourth-order valence-electron chi connectivity index (χ4n) is 5.35. The molecule has 0 spiro atoms. The number of thiazole rings is 1. The number of carbonyl (C=O) groups excluding carboxylic acids is 3. The van der Waals surface area contributed by atoms with Crippen molar-refractivity contribution in [1.29, 1.82) is 0 Å². The summed E-state index contributed by atoms with van der Waals surface area (Å²) >= 11 is 0.955. The van der Waals surface area contributed by atoms with Gasteiger partial charge in [0.25, 0.3) is 5.91 Å². The van der Waals surface area contributed by atoms with E-state index >= 15 is 0 Å². The number of ether oxygens (including phenoxy) is 2. The van der Waals surface area contributed by atoms with Gasteiger partial charge in [0.05, 0.1) is 25.5 Å². The standard InChI is InChI=1S/C33H32F2N8O5S/c1-41(2)11-5-8-27(44)42-12-13-43-24(17-42)32(46)48-18-20-14-19(15-36-30(20)43)23-9-10-25(47-3)29(38-23)40-33-37-16-26(49-33)31(45)39-28-21(34)6-4-7-22(28)35/h4-10,14-16,24H,11-13,17-18H2,1-3H3,(H,39,45)(H,37,38,40)/b8-5+. The number of amides is 2. The number of anilines is 4. The summed E-state index contributed by atoms with van der Waals surface area (Å²) in [4.78, 5) is 57.7. The molecule has 2 aliphatic rings. The smallest absolute Gasteiger partial charge is 0.331 e. The van der Waals surface area contributed by atoms with Crippen molar-refractivity contribution in [2.45, 2.75) is 12.6 Å². The lowest BCUT2D eigenvalue weighted by atomic mass is 10.1. The van der Waals surface area contributed by atoms with Crippen LogP contribution in [-0.2, 0) is 20.9 Å². The number of methoxy groups -OCH3 is 1. The molecule has 1 saturated heterocycles. The topological polar surface area (TPSA) is 142 Å². The van der Waals surface area contributed by atoms with Crippen molar-refractivity contribution in [3.8, 4) is 17.0 Å². The van der Waals surface area contributed by atoms with Crippen LogP contribution in [0.5, 0.6) is 5.75 Å². The third kappa shape index (κ3) is 7.34. The molecule has 0 radical (unpaired) electrons. The van der Waals surface area contributed by atoms with E-state index in [0.717, 1.165) is 23.5 Å². The number of hydrogen-bond acceptors (Lipinski definition) is 12. The first-order valence-corrected chi connectivity index (χ1v) is 16.0. The number of rotatable bonds is 9. The first kappa shape index (κ1) is 33.4. The lowest BCUT2D eigenvalue weighted by Gasteiger charge is -2.39. The van der Waals surface area contributed by atoms with Crippen LogP contribution in [-0.4, -0.2) is 96.0 Å². The van der Waals surface area contributed by atoms with E-state index in [1.54, 1.807) is 29.3 Å². The highest BCUT2D eigenvalue weighted by Crippen LogP contribution is 2.34. The molecule has 2 aliphatic heterocycles. The van der Waals surface area contributed by atoms with Crippen molar-refractivity contribution in [3.63, 3.8) is 0 Å². The number of carbonyl (C=O) groups is 3. The number of pyridine rings is 2. The van der Waals surface area contributed by atoms with Gasteiger partial charge in [-0.15, -0.1) is 0 Å². The summed E-state index contributed by atoms with van der Waals surface area (Å²) in [5, 5.41) is 5.57. The Morgan fingerprint density at radius 1 is 1.14 bits per heavy atom. The van der Waals surface area contributed by atoms with Crippen molar-refractivity contribution in [2.24, 2.45) is 0 Å². The number of esters is 1. The molecule has 16 heteroatoms. The van der Waals surface area contributed by atoms with Gasteiger partial charge < -0.3 is 34.8 Å². The van der Waals surface area contributed by atoms with Crippen LogP contribution in [0.3, 0.4) is 0 Å². The molecule has 1 unspecified atom stereocenters. The molecule has 0 saturated carbocycles. The van der Waals surface area contributed by atoms with Gasteiger partial charge in [0, 0.05) is 43.0 Å². The van der Waals surface area contributed by atoms with Crippen LogP contribution in [0, 0.1) is 11.6 Å². The first-order valence-electron chi connectivity index (χ1n) is 15.2. The minimum atomic E-state index is -0.898. The van der Waals surface area contributed by atoms with E-state index in [1.165, 1.54) is 25.4 Å². The summed E-state index contributed by atoms with van der Waals surface area (Å²) in [7, 11) is 5.31. The van der Waals surface area contributed by atoms with Crippen LogP contribution >= 0.6 is 11.3 Å². The van der Waals surface area contributed by atoms with Crippen molar-refractivity contribution in [3.05, 3.63) is 83.0 Å². The zero-order valence-corrected chi connectivity index (χ0v) is 27.6. The van der Waals surface area contributed by atoms with E-state index in [0.29, 0.717) is 53.8 Å². The number of nitrogens with one attached hydrogen (secondary N) is 2. The lowest BCUT2D eigenvalue weighted by molar-refractivity contribution is -0.147. The normalized spacial score (nSPS) is 15.8. The predicted molar refractivity (Wildman–Crippen MR) is 179 cm³/mol. The van der Waals surface area contributed by atoms with Gasteiger partial charge in [0.1, 0.15) is 40.7 Å². The predicted octanol–water partition coefficient (Wildman–Crippen LogP) is 4.07. The van der Waals surface area contributed by atoms with Crippen LogP contribution in [0.1, 0.15) is 15.2 Å². The van der Waals surface area contributed by atoms with E-state index < -0.39 is 35.2 Å². The molecule has 254 valence electrons. The van der Waals surface area contributed by atoms with Crippen LogP contribution in [0.25, 0.3) is 11.3 Å². The second-order valence-corrected chi connectivity index (χ2v) is 12.5. The van der Waals surface area contributed by atoms with E-state index in [1.807, 2.05) is 30.0 Å². The molecular weight excluding hydrogens is 658 g/mol. The molecule has 1 aromatic carbocycles. The Bertz CT molecular complexity index is 1920. The fourth-order valence-corrected chi connectivity index (χ4v) is 6.06. The molecule has 0 bridgehead atoms. The van der Waals surface area contributed by atoms with Gasteiger partial charge in [-0.1, -0.05) is 23.5 Å². The molecule has 13 nitrogen and oxygen atoms in total. The molecule has 3 aromatic heterocycles. The van der Waals surface area contributed by atoms with Gasteiger partial charge in [0.15, 0.2) is 16.7 Å². The summed E-state index contributed by atoms with van der Waals surface area (Å²) in [5.41, 5.74) is 1.31. The van der Waals surface area contributed by atoms with Crippen LogP contribution < -0.4 is 20.3 Å². The van der Waals surface area contributed by atoms with Crippen molar-refractivity contribution in [1.82, 2.24) is 24.8 Å². The van der Waals surface area contributed by atoms with Crippen molar-refractivity contribution >= 4 is 51.6 Å². The maximum absolute atomic E-state index is 14.0. The average molecular weight is 691 g/mol. The van der Waals surface area contributed by atoms with Crippen molar-refractivity contribution < 1.29 is 32.6 Å². The van der Waals surface area contributed by atoms with Crippen LogP contribution in [0.15, 0.2) is 60.9 Å². The average Bonchev–Trinajstić information content (AvgIpc) is 3.51. The van der Waals surface area contributed by atoms with E-state index in [9.17, 15) is 23.2 Å². The molecule has 5 heterocycles. The minimum absolute atomic E-state index is 0.000684. The van der Waals surface area contributed by atoms with Gasteiger partial charge in [0.2, 0.25) is 5.91 Å². The zero-order valence-electron chi connectivity index (χ0n) is 26.8. The Kier molecular flexibility index (Phi) is 9.77. The largest absolute Gasteiger partial charge is 0.493 e. The number of hydrogen-bond donors (Lipinski definition) is 2. The second-order valence-electron chi connectivity index (χ2n) is 11.4. The first-order chi connectivity index (χ1) is 23.6. The highest BCUT2D eigenvalue weighted by molar-refractivity contribution is 7.17. The number of nitrogens with zero attached hydrogens (tertiary/aromatic N) is 6. The van der Waals surface area contributed by atoms with Crippen LogP contribution in [0.4, 0.5) is 31.2 Å². The summed E-state index contributed by atoms with van der Waals surface area (Å²) in [5.74, 6) is -1.83. The maximum Gasteiger partial charge on any atom is 0.331 e. The van der Waals surface area contributed by atoms with Gasteiger partial charge in [-0.25, -0.2) is 28.5 Å². The quantitative estimate of drug-likeness (QED) is 0.194. The molecular formula is C33H32F2N8O5S. The number of fused-ring (bicyclic) bond motifs is 3. The Morgan fingerprint density at radius 2 is 1.94 bits per heavy atom. The number of para-hydroxylation sites is 1. The number of likely N-dealkylation sites (N-methyl/N-ethyl adjacent to an activating group) is 1. The molecule has 1 fully saturated rings. The molecule has 0 aliphatic carbocycles. The molecule has 1 atom stereocenters. The van der Waals surface area contributed by atoms with E-state index in [4.69, 9.17) is 19.4 Å². The van der Waals surface area contributed by atoms with Gasteiger partial charge in [-0.2, -0.15) is 0 Å². The molecule has 2 amide bonds.